The van der Waals surface area contributed by atoms with Crippen molar-refractivity contribution >= 4 is 39.4 Å². The minimum absolute atomic E-state index is 0.236. The Hall–Kier alpha value is -4.59. The van der Waals surface area contributed by atoms with Crippen LogP contribution < -0.4 is 5.56 Å². The lowest BCUT2D eigenvalue weighted by molar-refractivity contribution is 0.559. The van der Waals surface area contributed by atoms with Crippen molar-refractivity contribution in [3.63, 3.8) is 0 Å². The Morgan fingerprint density at radius 3 is 2.47 bits per heavy atom. The summed E-state index contributed by atoms with van der Waals surface area (Å²) in [5.74, 6) is 0.571. The van der Waals surface area contributed by atoms with Crippen LogP contribution in [0.3, 0.4) is 0 Å². The standard InChI is InChI=1S/C24H16N6O2/c1-15-8-10-16(11-9-15)29-14-25-22-20(24(29)31)21-23(28-19-7-3-2-6-18(19)27-21)30(22)26-13-17-5-4-12-32-17/h2-14H,1H3/b26-13+. The Labute approximate surface area is 181 Å². The van der Waals surface area contributed by atoms with E-state index in [0.717, 1.165) is 11.3 Å². The molecule has 0 aliphatic carbocycles. The van der Waals surface area contributed by atoms with E-state index in [1.165, 1.54) is 15.6 Å². The van der Waals surface area contributed by atoms with E-state index >= 15 is 0 Å². The van der Waals surface area contributed by atoms with E-state index in [2.05, 4.69) is 10.1 Å². The van der Waals surface area contributed by atoms with Crippen LogP contribution in [0.4, 0.5) is 0 Å². The van der Waals surface area contributed by atoms with E-state index in [-0.39, 0.29) is 5.56 Å². The molecule has 0 spiro atoms. The van der Waals surface area contributed by atoms with Crippen molar-refractivity contribution in [1.82, 2.24) is 24.2 Å². The van der Waals surface area contributed by atoms with Crippen LogP contribution in [-0.2, 0) is 0 Å². The smallest absolute Gasteiger partial charge is 0.269 e. The van der Waals surface area contributed by atoms with Crippen molar-refractivity contribution in [1.29, 1.82) is 0 Å². The van der Waals surface area contributed by atoms with Gasteiger partial charge in [0, 0.05) is 0 Å². The molecule has 0 aliphatic heterocycles. The lowest BCUT2D eigenvalue weighted by atomic mass is 10.2. The Kier molecular flexibility index (Phi) is 3.97. The maximum atomic E-state index is 13.6. The fraction of sp³-hybridized carbons (Fsp3) is 0.0417. The van der Waals surface area contributed by atoms with Gasteiger partial charge in [0.1, 0.15) is 23.0 Å². The van der Waals surface area contributed by atoms with Gasteiger partial charge in [-0.15, -0.1) is 0 Å². The van der Waals surface area contributed by atoms with Gasteiger partial charge in [0.2, 0.25) is 0 Å². The molecule has 0 radical (unpaired) electrons. The summed E-state index contributed by atoms with van der Waals surface area (Å²) in [5, 5.41) is 4.87. The highest BCUT2D eigenvalue weighted by atomic mass is 16.3. The van der Waals surface area contributed by atoms with Crippen LogP contribution in [-0.4, -0.2) is 30.4 Å². The lowest BCUT2D eigenvalue weighted by Crippen LogP contribution is -2.18. The summed E-state index contributed by atoms with van der Waals surface area (Å²) >= 11 is 0. The van der Waals surface area contributed by atoms with Gasteiger partial charge in [0.25, 0.3) is 5.56 Å². The lowest BCUT2D eigenvalue weighted by Gasteiger charge is -2.05. The molecular weight excluding hydrogens is 404 g/mol. The molecule has 0 N–H and O–H groups in total. The molecule has 8 heteroatoms. The maximum Gasteiger partial charge on any atom is 0.269 e. The molecule has 8 nitrogen and oxygen atoms in total. The van der Waals surface area contributed by atoms with Crippen LogP contribution >= 0.6 is 0 Å². The van der Waals surface area contributed by atoms with Crippen molar-refractivity contribution in [3.8, 4) is 5.69 Å². The molecule has 0 bridgehead atoms. The molecule has 2 aromatic carbocycles. The monoisotopic (exact) mass is 420 g/mol. The molecule has 6 rings (SSSR count). The number of aromatic nitrogens is 5. The number of furan rings is 1. The molecule has 0 amide bonds. The predicted molar refractivity (Wildman–Crippen MR) is 122 cm³/mol. The number of hydrogen-bond donors (Lipinski definition) is 0. The first-order chi connectivity index (χ1) is 15.7. The van der Waals surface area contributed by atoms with Gasteiger partial charge in [-0.25, -0.2) is 15.0 Å². The molecule has 0 unspecified atom stereocenters. The first kappa shape index (κ1) is 18.2. The zero-order valence-corrected chi connectivity index (χ0v) is 17.0. The SMILES string of the molecule is Cc1ccc(-n2cnc3c(c2=O)c2nc4ccccc4nc2n3/N=C/c2ccco2)cc1. The number of aryl methyl sites for hydroxylation is 1. The molecular formula is C24H16N6O2. The van der Waals surface area contributed by atoms with Crippen molar-refractivity contribution < 1.29 is 4.42 Å². The highest BCUT2D eigenvalue weighted by Gasteiger charge is 2.20. The Morgan fingerprint density at radius 2 is 1.72 bits per heavy atom. The van der Waals surface area contributed by atoms with Crippen LogP contribution in [0.15, 0.2) is 87.6 Å². The average Bonchev–Trinajstić information content (AvgIpc) is 3.43. The van der Waals surface area contributed by atoms with Gasteiger partial charge in [0.05, 0.1) is 29.2 Å². The van der Waals surface area contributed by atoms with Gasteiger partial charge < -0.3 is 4.42 Å². The minimum Gasteiger partial charge on any atom is -0.463 e. The normalized spacial score (nSPS) is 11.9. The molecule has 6 aromatic rings. The van der Waals surface area contributed by atoms with Gasteiger partial charge in [0.15, 0.2) is 11.3 Å². The molecule has 0 saturated carbocycles. The van der Waals surface area contributed by atoms with E-state index in [1.54, 1.807) is 24.6 Å². The number of nitrogens with zero attached hydrogens (tertiary/aromatic N) is 6. The molecule has 0 fully saturated rings. The Bertz CT molecular complexity index is 1690. The topological polar surface area (TPSA) is 91.1 Å². The fourth-order valence-electron chi connectivity index (χ4n) is 3.70. The fourth-order valence-corrected chi connectivity index (χ4v) is 3.70. The van der Waals surface area contributed by atoms with E-state index in [0.29, 0.717) is 39.0 Å². The van der Waals surface area contributed by atoms with Crippen LogP contribution in [0.2, 0.25) is 0 Å². The van der Waals surface area contributed by atoms with Gasteiger partial charge in [-0.05, 0) is 43.3 Å². The average molecular weight is 420 g/mol. The summed E-state index contributed by atoms with van der Waals surface area (Å²) < 4.78 is 8.40. The van der Waals surface area contributed by atoms with Gasteiger partial charge >= 0.3 is 0 Å². The van der Waals surface area contributed by atoms with Crippen molar-refractivity contribution in [3.05, 3.63) is 94.9 Å². The van der Waals surface area contributed by atoms with Crippen LogP contribution in [0, 0.1) is 6.92 Å². The summed E-state index contributed by atoms with van der Waals surface area (Å²) in [6, 6.07) is 18.8. The summed E-state index contributed by atoms with van der Waals surface area (Å²) in [6.45, 7) is 2.00. The summed E-state index contributed by atoms with van der Waals surface area (Å²) in [6.07, 6.45) is 4.63. The molecule has 4 heterocycles. The van der Waals surface area contributed by atoms with Gasteiger partial charge in [-0.1, -0.05) is 29.8 Å². The third-order valence-corrected chi connectivity index (χ3v) is 5.30. The van der Waals surface area contributed by atoms with Crippen LogP contribution in [0.1, 0.15) is 11.3 Å². The van der Waals surface area contributed by atoms with Crippen molar-refractivity contribution in [2.45, 2.75) is 6.92 Å². The number of fused-ring (bicyclic) bond motifs is 4. The Balaban J connectivity index is 1.69. The van der Waals surface area contributed by atoms with Crippen molar-refractivity contribution in [2.24, 2.45) is 5.10 Å². The van der Waals surface area contributed by atoms with Gasteiger partial charge in [-0.2, -0.15) is 9.78 Å². The second-order valence-electron chi connectivity index (χ2n) is 7.41. The summed E-state index contributed by atoms with van der Waals surface area (Å²) in [7, 11) is 0. The molecule has 0 atom stereocenters. The van der Waals surface area contributed by atoms with Crippen molar-refractivity contribution in [2.75, 3.05) is 0 Å². The second-order valence-corrected chi connectivity index (χ2v) is 7.41. The molecule has 0 aliphatic rings. The first-order valence-electron chi connectivity index (χ1n) is 10.0. The second kappa shape index (κ2) is 6.98. The number of para-hydroxylation sites is 2. The Morgan fingerprint density at radius 1 is 0.938 bits per heavy atom. The number of hydrogen-bond acceptors (Lipinski definition) is 6. The number of rotatable bonds is 3. The molecule has 4 aromatic heterocycles. The zero-order chi connectivity index (χ0) is 21.7. The van der Waals surface area contributed by atoms with E-state index in [9.17, 15) is 4.79 Å². The quantitative estimate of drug-likeness (QED) is 0.403. The van der Waals surface area contributed by atoms with Gasteiger partial charge in [-0.3, -0.25) is 9.36 Å². The maximum absolute atomic E-state index is 13.6. The summed E-state index contributed by atoms with van der Waals surface area (Å²) in [4.78, 5) is 27.6. The first-order valence-corrected chi connectivity index (χ1v) is 10.0. The number of benzene rings is 2. The van der Waals surface area contributed by atoms with E-state index in [1.807, 2.05) is 55.5 Å². The summed E-state index contributed by atoms with van der Waals surface area (Å²) in [5.41, 5.74) is 4.28. The third-order valence-electron chi connectivity index (χ3n) is 5.30. The third kappa shape index (κ3) is 2.81. The molecule has 0 saturated heterocycles. The van der Waals surface area contributed by atoms with Crippen LogP contribution in [0.25, 0.3) is 38.9 Å². The zero-order valence-electron chi connectivity index (χ0n) is 17.0. The van der Waals surface area contributed by atoms with E-state index in [4.69, 9.17) is 14.4 Å². The predicted octanol–water partition coefficient (Wildman–Crippen LogP) is 4.07. The highest BCUT2D eigenvalue weighted by Crippen LogP contribution is 2.25. The van der Waals surface area contributed by atoms with Crippen LogP contribution in [0.5, 0.6) is 0 Å². The highest BCUT2D eigenvalue weighted by molar-refractivity contribution is 6.04. The molecule has 154 valence electrons. The van der Waals surface area contributed by atoms with E-state index < -0.39 is 0 Å². The molecule has 32 heavy (non-hydrogen) atoms. The minimum atomic E-state index is -0.236. The largest absolute Gasteiger partial charge is 0.463 e.